The summed E-state index contributed by atoms with van der Waals surface area (Å²) < 4.78 is 23.5. The van der Waals surface area contributed by atoms with Crippen LogP contribution in [0, 0.1) is 5.41 Å². The summed E-state index contributed by atoms with van der Waals surface area (Å²) in [4.78, 5) is 28.6. The van der Waals surface area contributed by atoms with E-state index in [0.717, 1.165) is 32.1 Å². The summed E-state index contributed by atoms with van der Waals surface area (Å²) in [7, 11) is -2.97. The Morgan fingerprint density at radius 1 is 1.26 bits per heavy atom. The molecule has 3 fully saturated rings. The maximum absolute atomic E-state index is 12.8. The van der Waals surface area contributed by atoms with Crippen LogP contribution in [-0.2, 0) is 19.4 Å². The van der Waals surface area contributed by atoms with Gasteiger partial charge in [-0.2, -0.15) is 0 Å². The Balaban J connectivity index is 1.73. The highest BCUT2D eigenvalue weighted by Gasteiger charge is 2.53. The molecule has 1 spiro atoms. The molecule has 2 amide bonds. The van der Waals surface area contributed by atoms with Crippen LogP contribution in [0.4, 0.5) is 0 Å². The van der Waals surface area contributed by atoms with Crippen LogP contribution in [0.25, 0.3) is 0 Å². The van der Waals surface area contributed by atoms with Crippen LogP contribution in [0.5, 0.6) is 0 Å². The predicted octanol–water partition coefficient (Wildman–Crippen LogP) is 1.16. The Hall–Kier alpha value is -0.950. The van der Waals surface area contributed by atoms with Crippen molar-refractivity contribution in [2.45, 2.75) is 57.9 Å². The highest BCUT2D eigenvalue weighted by Crippen LogP contribution is 2.46. The van der Waals surface area contributed by atoms with Crippen molar-refractivity contribution in [3.8, 4) is 0 Å². The third kappa shape index (κ3) is 3.18. The summed E-state index contributed by atoms with van der Waals surface area (Å²) in [6.45, 7) is 3.00. The molecule has 2 saturated heterocycles. The summed E-state index contributed by atoms with van der Waals surface area (Å²) in [5.41, 5.74) is -0.448. The molecule has 1 atom stereocenters. The predicted molar refractivity (Wildman–Crippen MR) is 86.3 cm³/mol. The third-order valence-corrected chi connectivity index (χ3v) is 7.36. The Morgan fingerprint density at radius 3 is 2.52 bits per heavy atom. The second-order valence-electron chi connectivity index (χ2n) is 7.30. The first-order chi connectivity index (χ1) is 10.9. The lowest BCUT2D eigenvalue weighted by molar-refractivity contribution is -0.144. The largest absolute Gasteiger partial charge is 0.282 e. The molecular formula is C16H26N2O4S. The Labute approximate surface area is 138 Å². The molecule has 6 nitrogen and oxygen atoms in total. The van der Waals surface area contributed by atoms with Gasteiger partial charge in [-0.15, -0.1) is 0 Å². The molecular weight excluding hydrogens is 316 g/mol. The number of nitrogens with zero attached hydrogens (tertiary/aromatic N) is 2. The van der Waals surface area contributed by atoms with Crippen molar-refractivity contribution in [2.24, 2.45) is 5.41 Å². The van der Waals surface area contributed by atoms with Gasteiger partial charge in [-0.05, 0) is 32.2 Å². The van der Waals surface area contributed by atoms with E-state index in [-0.39, 0.29) is 36.0 Å². The minimum Gasteiger partial charge on any atom is -0.282 e. The van der Waals surface area contributed by atoms with Crippen LogP contribution >= 0.6 is 0 Å². The zero-order valence-corrected chi connectivity index (χ0v) is 14.6. The Bertz CT molecular complexity index is 595. The summed E-state index contributed by atoms with van der Waals surface area (Å²) in [6, 6.07) is -0.0688. The van der Waals surface area contributed by atoms with E-state index in [4.69, 9.17) is 0 Å². The standard InChI is InChI=1S/C16H26N2O4S/c1-2-8-17(13-5-9-23(21,22)11-13)12-18-14(19)10-16(15(18)20)6-3-4-7-16/h13H,2-12H2,1H3. The van der Waals surface area contributed by atoms with Crippen molar-refractivity contribution in [3.05, 3.63) is 0 Å². The number of likely N-dealkylation sites (tertiary alicyclic amines) is 1. The number of hydrogen-bond acceptors (Lipinski definition) is 5. The molecule has 130 valence electrons. The number of carbonyl (C=O) groups excluding carboxylic acids is 2. The molecule has 23 heavy (non-hydrogen) atoms. The van der Waals surface area contributed by atoms with Crippen LogP contribution in [0.2, 0.25) is 0 Å². The molecule has 1 aliphatic carbocycles. The molecule has 1 saturated carbocycles. The molecule has 7 heteroatoms. The van der Waals surface area contributed by atoms with Gasteiger partial charge < -0.3 is 0 Å². The van der Waals surface area contributed by atoms with Gasteiger partial charge in [-0.3, -0.25) is 19.4 Å². The molecule has 0 radical (unpaired) electrons. The molecule has 0 aromatic rings. The zero-order chi connectivity index (χ0) is 16.7. The van der Waals surface area contributed by atoms with Crippen molar-refractivity contribution in [3.63, 3.8) is 0 Å². The van der Waals surface area contributed by atoms with Crippen molar-refractivity contribution in [2.75, 3.05) is 24.7 Å². The van der Waals surface area contributed by atoms with Crippen LogP contribution in [-0.4, -0.2) is 60.8 Å². The SMILES string of the molecule is CCCN(CN1C(=O)CC2(CCCC2)C1=O)C1CCS(=O)(=O)C1. The number of carbonyl (C=O) groups is 2. The average Bonchev–Trinajstić information content (AvgIpc) is 3.14. The van der Waals surface area contributed by atoms with E-state index in [2.05, 4.69) is 0 Å². The van der Waals surface area contributed by atoms with Gasteiger partial charge in [0.2, 0.25) is 11.8 Å². The number of imide groups is 1. The highest BCUT2D eigenvalue weighted by atomic mass is 32.2. The quantitative estimate of drug-likeness (QED) is 0.701. The van der Waals surface area contributed by atoms with E-state index in [1.165, 1.54) is 4.90 Å². The topological polar surface area (TPSA) is 74.8 Å². The summed E-state index contributed by atoms with van der Waals surface area (Å²) in [5.74, 6) is 0.249. The Morgan fingerprint density at radius 2 is 1.96 bits per heavy atom. The first kappa shape index (κ1) is 16.9. The molecule has 2 aliphatic heterocycles. The van der Waals surface area contributed by atoms with Crippen molar-refractivity contribution in [1.29, 1.82) is 0 Å². The minimum atomic E-state index is -2.97. The van der Waals surface area contributed by atoms with Gasteiger partial charge in [0.25, 0.3) is 0 Å². The second kappa shape index (κ2) is 6.16. The Kier molecular flexibility index (Phi) is 4.53. The first-order valence-corrected chi connectivity index (χ1v) is 10.5. The molecule has 3 rings (SSSR count). The van der Waals surface area contributed by atoms with Gasteiger partial charge in [-0.25, -0.2) is 8.42 Å². The molecule has 0 N–H and O–H groups in total. The number of rotatable bonds is 5. The maximum Gasteiger partial charge on any atom is 0.237 e. The lowest BCUT2D eigenvalue weighted by Crippen LogP contribution is -2.47. The fourth-order valence-electron chi connectivity index (χ4n) is 4.35. The minimum absolute atomic E-state index is 0.0260. The van der Waals surface area contributed by atoms with Gasteiger partial charge >= 0.3 is 0 Å². The molecule has 1 unspecified atom stereocenters. The molecule has 0 bridgehead atoms. The van der Waals surface area contributed by atoms with Gasteiger partial charge in [-0.1, -0.05) is 19.8 Å². The normalized spacial score (nSPS) is 29.3. The van der Waals surface area contributed by atoms with E-state index in [1.807, 2.05) is 11.8 Å². The summed E-state index contributed by atoms with van der Waals surface area (Å²) in [6.07, 6.45) is 5.49. The van der Waals surface area contributed by atoms with Gasteiger partial charge in [0.05, 0.1) is 23.6 Å². The van der Waals surface area contributed by atoms with Crippen molar-refractivity contribution < 1.29 is 18.0 Å². The lowest BCUT2D eigenvalue weighted by Gasteiger charge is -2.31. The zero-order valence-electron chi connectivity index (χ0n) is 13.8. The van der Waals surface area contributed by atoms with E-state index in [0.29, 0.717) is 19.4 Å². The lowest BCUT2D eigenvalue weighted by atomic mass is 9.85. The summed E-state index contributed by atoms with van der Waals surface area (Å²) >= 11 is 0. The van der Waals surface area contributed by atoms with Crippen molar-refractivity contribution in [1.82, 2.24) is 9.80 Å². The number of amides is 2. The highest BCUT2D eigenvalue weighted by molar-refractivity contribution is 7.91. The molecule has 2 heterocycles. The number of hydrogen-bond donors (Lipinski definition) is 0. The fraction of sp³-hybridized carbons (Fsp3) is 0.875. The van der Waals surface area contributed by atoms with Crippen LogP contribution < -0.4 is 0 Å². The van der Waals surface area contributed by atoms with Crippen LogP contribution in [0.3, 0.4) is 0 Å². The van der Waals surface area contributed by atoms with Gasteiger partial charge in [0.15, 0.2) is 9.84 Å². The van der Waals surface area contributed by atoms with E-state index in [1.54, 1.807) is 0 Å². The van der Waals surface area contributed by atoms with Crippen LogP contribution in [0.1, 0.15) is 51.9 Å². The molecule has 0 aromatic carbocycles. The van der Waals surface area contributed by atoms with Gasteiger partial charge in [0, 0.05) is 12.5 Å². The smallest absolute Gasteiger partial charge is 0.237 e. The van der Waals surface area contributed by atoms with E-state index < -0.39 is 15.3 Å². The monoisotopic (exact) mass is 342 g/mol. The molecule has 0 aromatic heterocycles. The third-order valence-electron chi connectivity index (χ3n) is 5.61. The maximum atomic E-state index is 12.8. The van der Waals surface area contributed by atoms with E-state index >= 15 is 0 Å². The summed E-state index contributed by atoms with van der Waals surface area (Å²) in [5, 5.41) is 0. The number of sulfone groups is 1. The first-order valence-electron chi connectivity index (χ1n) is 8.66. The molecule has 3 aliphatic rings. The van der Waals surface area contributed by atoms with Crippen LogP contribution in [0.15, 0.2) is 0 Å². The van der Waals surface area contributed by atoms with E-state index in [9.17, 15) is 18.0 Å². The van der Waals surface area contributed by atoms with Crippen molar-refractivity contribution >= 4 is 21.7 Å². The van der Waals surface area contributed by atoms with Gasteiger partial charge in [0.1, 0.15) is 0 Å². The average molecular weight is 342 g/mol. The second-order valence-corrected chi connectivity index (χ2v) is 9.53. The fourth-order valence-corrected chi connectivity index (χ4v) is 6.11.